The number of benzene rings is 1. The summed E-state index contributed by atoms with van der Waals surface area (Å²) >= 11 is 0. The molecule has 1 aromatic heterocycles. The number of nitrogens with zero attached hydrogens (tertiary/aromatic N) is 3. The van der Waals surface area contributed by atoms with Gasteiger partial charge in [-0.1, -0.05) is 12.1 Å². The average Bonchev–Trinajstić information content (AvgIpc) is 2.58. The second-order valence-corrected chi connectivity index (χ2v) is 6.58. The minimum atomic E-state index is -0.268. The van der Waals surface area contributed by atoms with E-state index >= 15 is 0 Å². The average molecular weight is 338 g/mol. The molecule has 0 bridgehead atoms. The number of carbonyl (C=O) groups excluding carboxylic acids is 2. The van der Waals surface area contributed by atoms with Crippen LogP contribution in [-0.2, 0) is 9.53 Å². The first-order chi connectivity index (χ1) is 12.2. The summed E-state index contributed by atoms with van der Waals surface area (Å²) in [6, 6.07) is 8.75. The lowest BCUT2D eigenvalue weighted by molar-refractivity contribution is -0.194. The van der Waals surface area contributed by atoms with E-state index in [1.54, 1.807) is 47.6 Å². The van der Waals surface area contributed by atoms with Crippen LogP contribution in [0, 0.1) is 5.41 Å². The van der Waals surface area contributed by atoms with Crippen molar-refractivity contribution in [3.8, 4) is 11.4 Å². The fourth-order valence-corrected chi connectivity index (χ4v) is 3.10. The van der Waals surface area contributed by atoms with Crippen molar-refractivity contribution in [1.82, 2.24) is 20.2 Å². The first-order valence-corrected chi connectivity index (χ1v) is 8.16. The molecule has 3 heterocycles. The SMILES string of the molecule is O=C(NCC(=O)N1CC2(COC2)C1)c1ccc(-c2ncccn2)cc1. The van der Waals surface area contributed by atoms with E-state index in [0.717, 1.165) is 31.9 Å². The molecule has 128 valence electrons. The molecule has 2 fully saturated rings. The van der Waals surface area contributed by atoms with Gasteiger partial charge in [0.15, 0.2) is 5.82 Å². The molecule has 4 rings (SSSR count). The summed E-state index contributed by atoms with van der Waals surface area (Å²) in [6.45, 7) is 2.95. The van der Waals surface area contributed by atoms with Crippen LogP contribution >= 0.6 is 0 Å². The summed E-state index contributed by atoms with van der Waals surface area (Å²) in [7, 11) is 0. The Morgan fingerprint density at radius 1 is 1.12 bits per heavy atom. The summed E-state index contributed by atoms with van der Waals surface area (Å²) in [5, 5.41) is 2.68. The number of rotatable bonds is 4. The zero-order chi connectivity index (χ0) is 17.3. The molecule has 1 aromatic carbocycles. The van der Waals surface area contributed by atoms with Gasteiger partial charge in [0.05, 0.1) is 25.2 Å². The van der Waals surface area contributed by atoms with E-state index in [1.165, 1.54) is 0 Å². The van der Waals surface area contributed by atoms with Crippen molar-refractivity contribution in [2.75, 3.05) is 32.8 Å². The molecule has 25 heavy (non-hydrogen) atoms. The van der Waals surface area contributed by atoms with Crippen LogP contribution in [0.5, 0.6) is 0 Å². The molecule has 0 aliphatic carbocycles. The fraction of sp³-hybridized carbons (Fsp3) is 0.333. The molecule has 7 nitrogen and oxygen atoms in total. The van der Waals surface area contributed by atoms with Gasteiger partial charge in [-0.05, 0) is 18.2 Å². The van der Waals surface area contributed by atoms with Gasteiger partial charge in [-0.15, -0.1) is 0 Å². The normalized spacial score (nSPS) is 17.5. The van der Waals surface area contributed by atoms with Crippen LogP contribution in [0.15, 0.2) is 42.7 Å². The maximum absolute atomic E-state index is 12.2. The Bertz CT molecular complexity index is 780. The minimum Gasteiger partial charge on any atom is -0.380 e. The van der Waals surface area contributed by atoms with Gasteiger partial charge in [-0.3, -0.25) is 9.59 Å². The molecule has 7 heteroatoms. The summed E-state index contributed by atoms with van der Waals surface area (Å²) in [6.07, 6.45) is 3.34. The van der Waals surface area contributed by atoms with Crippen molar-refractivity contribution >= 4 is 11.8 Å². The first kappa shape index (κ1) is 15.7. The highest BCUT2D eigenvalue weighted by Gasteiger charge is 2.50. The van der Waals surface area contributed by atoms with Gasteiger partial charge < -0.3 is 15.0 Å². The molecule has 2 aliphatic rings. The van der Waals surface area contributed by atoms with Gasteiger partial charge in [0.25, 0.3) is 5.91 Å². The molecular formula is C18H18N4O3. The molecule has 0 saturated carbocycles. The van der Waals surface area contributed by atoms with Crippen molar-refractivity contribution in [3.05, 3.63) is 48.3 Å². The molecule has 2 aromatic rings. The van der Waals surface area contributed by atoms with Crippen molar-refractivity contribution in [2.45, 2.75) is 0 Å². The standard InChI is InChI=1S/C18H18N4O3/c23-15(22-9-18(10-22)11-25-12-18)8-21-17(24)14-4-2-13(3-5-14)16-19-6-1-7-20-16/h1-7H,8-12H2,(H,21,24). The lowest BCUT2D eigenvalue weighted by Crippen LogP contribution is -2.68. The first-order valence-electron chi connectivity index (χ1n) is 8.16. The number of nitrogens with one attached hydrogen (secondary N) is 1. The summed E-state index contributed by atoms with van der Waals surface area (Å²) in [4.78, 5) is 34.4. The predicted molar refractivity (Wildman–Crippen MR) is 89.6 cm³/mol. The van der Waals surface area contributed by atoms with E-state index in [2.05, 4.69) is 15.3 Å². The van der Waals surface area contributed by atoms with Gasteiger partial charge in [0.2, 0.25) is 5.91 Å². The largest absolute Gasteiger partial charge is 0.380 e. The quantitative estimate of drug-likeness (QED) is 0.888. The molecule has 2 amide bonds. The van der Waals surface area contributed by atoms with Crippen molar-refractivity contribution in [2.24, 2.45) is 5.41 Å². The summed E-state index contributed by atoms with van der Waals surface area (Å²) in [5.41, 5.74) is 1.52. The lowest BCUT2D eigenvalue weighted by atomic mass is 9.78. The number of ether oxygens (including phenoxy) is 1. The topological polar surface area (TPSA) is 84.4 Å². The van der Waals surface area contributed by atoms with E-state index in [9.17, 15) is 9.59 Å². The maximum Gasteiger partial charge on any atom is 0.251 e. The van der Waals surface area contributed by atoms with Gasteiger partial charge in [0.1, 0.15) is 0 Å². The van der Waals surface area contributed by atoms with Gasteiger partial charge >= 0.3 is 0 Å². The highest BCUT2D eigenvalue weighted by atomic mass is 16.5. The number of likely N-dealkylation sites (tertiary alicyclic amines) is 1. The Morgan fingerprint density at radius 2 is 1.80 bits per heavy atom. The van der Waals surface area contributed by atoms with Crippen LogP contribution in [0.1, 0.15) is 10.4 Å². The monoisotopic (exact) mass is 338 g/mol. The number of amides is 2. The van der Waals surface area contributed by atoms with Crippen LogP contribution in [-0.4, -0.2) is 59.5 Å². The van der Waals surface area contributed by atoms with E-state index in [0.29, 0.717) is 11.4 Å². The fourth-order valence-electron chi connectivity index (χ4n) is 3.10. The third-order valence-electron chi connectivity index (χ3n) is 4.59. The summed E-state index contributed by atoms with van der Waals surface area (Å²) < 4.78 is 5.19. The van der Waals surface area contributed by atoms with Crippen LogP contribution in [0.25, 0.3) is 11.4 Å². The van der Waals surface area contributed by atoms with Gasteiger partial charge in [-0.2, -0.15) is 0 Å². The molecule has 0 atom stereocenters. The Balaban J connectivity index is 1.30. The second kappa shape index (κ2) is 6.25. The third-order valence-corrected chi connectivity index (χ3v) is 4.59. The Labute approximate surface area is 145 Å². The smallest absolute Gasteiger partial charge is 0.251 e. The van der Waals surface area contributed by atoms with E-state index < -0.39 is 0 Å². The number of hydrogen-bond donors (Lipinski definition) is 1. The highest BCUT2D eigenvalue weighted by molar-refractivity contribution is 5.96. The number of aromatic nitrogens is 2. The lowest BCUT2D eigenvalue weighted by Gasteiger charge is -2.54. The highest BCUT2D eigenvalue weighted by Crippen LogP contribution is 2.37. The van der Waals surface area contributed by atoms with E-state index in [-0.39, 0.29) is 23.8 Å². The van der Waals surface area contributed by atoms with Crippen LogP contribution in [0.4, 0.5) is 0 Å². The molecule has 2 aliphatic heterocycles. The molecular weight excluding hydrogens is 320 g/mol. The van der Waals surface area contributed by atoms with Crippen LogP contribution < -0.4 is 5.32 Å². The van der Waals surface area contributed by atoms with Crippen molar-refractivity contribution in [3.63, 3.8) is 0 Å². The zero-order valence-electron chi connectivity index (χ0n) is 13.6. The predicted octanol–water partition coefficient (Wildman–Crippen LogP) is 0.732. The third kappa shape index (κ3) is 3.10. The Morgan fingerprint density at radius 3 is 2.40 bits per heavy atom. The number of hydrogen-bond acceptors (Lipinski definition) is 5. The molecule has 0 radical (unpaired) electrons. The second-order valence-electron chi connectivity index (χ2n) is 6.58. The summed E-state index contributed by atoms with van der Waals surface area (Å²) in [5.74, 6) is 0.285. The minimum absolute atomic E-state index is 0.0132. The zero-order valence-corrected chi connectivity index (χ0v) is 13.6. The van der Waals surface area contributed by atoms with Gasteiger partial charge in [0, 0.05) is 36.6 Å². The maximum atomic E-state index is 12.2. The molecule has 1 spiro atoms. The van der Waals surface area contributed by atoms with Crippen molar-refractivity contribution < 1.29 is 14.3 Å². The Kier molecular flexibility index (Phi) is 3.93. The van der Waals surface area contributed by atoms with Crippen molar-refractivity contribution in [1.29, 1.82) is 0 Å². The van der Waals surface area contributed by atoms with E-state index in [1.807, 2.05) is 0 Å². The van der Waals surface area contributed by atoms with Crippen LogP contribution in [0.3, 0.4) is 0 Å². The molecule has 2 saturated heterocycles. The Hall–Kier alpha value is -2.80. The molecule has 0 unspecified atom stereocenters. The van der Waals surface area contributed by atoms with Crippen LogP contribution in [0.2, 0.25) is 0 Å². The molecule has 1 N–H and O–H groups in total. The van der Waals surface area contributed by atoms with Gasteiger partial charge in [-0.25, -0.2) is 9.97 Å². The number of carbonyl (C=O) groups is 2. The van der Waals surface area contributed by atoms with E-state index in [4.69, 9.17) is 4.74 Å².